The number of hydrogen-bond acceptors (Lipinski definition) is 3. The quantitative estimate of drug-likeness (QED) is 0.0420. The van der Waals surface area contributed by atoms with Crippen LogP contribution in [0.5, 0.6) is 0 Å². The average molecular weight is 945 g/mol. The van der Waals surface area contributed by atoms with Crippen molar-refractivity contribution >= 4 is 5.91 Å². The summed E-state index contributed by atoms with van der Waals surface area (Å²) >= 11 is 0. The van der Waals surface area contributed by atoms with Gasteiger partial charge in [0.2, 0.25) is 5.91 Å². The van der Waals surface area contributed by atoms with Crippen molar-refractivity contribution in [3.05, 3.63) is 12.2 Å². The zero-order chi connectivity index (χ0) is 48.5. The van der Waals surface area contributed by atoms with Crippen LogP contribution in [0.15, 0.2) is 12.2 Å². The minimum absolute atomic E-state index is 0.0543. The van der Waals surface area contributed by atoms with E-state index in [4.69, 9.17) is 0 Å². The lowest BCUT2D eigenvalue weighted by atomic mass is 10.0. The molecule has 0 saturated heterocycles. The molecule has 0 aliphatic rings. The SMILES string of the molecule is CCCCCCCCCCCCCCCCCCCCCC/C=C/C(O)C(CO)NC(=O)CCCCCCCCCCCCCCCCCCCCCCCCCCCCCCCCCCC. The molecule has 0 aliphatic heterocycles. The normalized spacial score (nSPS) is 12.7. The number of aliphatic hydroxyl groups is 2. The summed E-state index contributed by atoms with van der Waals surface area (Å²) in [6, 6.07) is -0.619. The van der Waals surface area contributed by atoms with Gasteiger partial charge in [0.05, 0.1) is 18.8 Å². The minimum Gasteiger partial charge on any atom is -0.394 e. The van der Waals surface area contributed by atoms with Gasteiger partial charge in [0.25, 0.3) is 0 Å². The van der Waals surface area contributed by atoms with Crippen molar-refractivity contribution in [3.63, 3.8) is 0 Å². The number of carbonyl (C=O) groups is 1. The van der Waals surface area contributed by atoms with Crippen LogP contribution < -0.4 is 5.32 Å². The van der Waals surface area contributed by atoms with Crippen LogP contribution in [-0.4, -0.2) is 34.9 Å². The molecule has 0 rings (SSSR count). The van der Waals surface area contributed by atoms with Crippen LogP contribution in [0.4, 0.5) is 0 Å². The molecule has 3 N–H and O–H groups in total. The van der Waals surface area contributed by atoms with E-state index in [0.717, 1.165) is 25.7 Å². The Morgan fingerprint density at radius 1 is 0.343 bits per heavy atom. The molecule has 2 atom stereocenters. The summed E-state index contributed by atoms with van der Waals surface area (Å²) in [6.45, 7) is 4.36. The standard InChI is InChI=1S/C63H125NO3/c1-3-5-7-9-11-13-15-17-19-21-23-25-27-28-29-30-31-32-33-34-35-36-37-39-41-43-45-47-49-51-53-55-57-59-63(67)64-61(60-65)62(66)58-56-54-52-50-48-46-44-42-40-38-26-24-22-20-18-16-14-12-10-8-6-4-2/h56,58,61-62,65-66H,3-55,57,59-60H2,1-2H3,(H,64,67)/b58-56+. The molecular formula is C63H125NO3. The summed E-state index contributed by atoms with van der Waals surface area (Å²) in [5.74, 6) is -0.0543. The predicted octanol–water partition coefficient (Wildman–Crippen LogP) is 20.9. The molecule has 0 aromatic heterocycles. The molecule has 4 heteroatoms. The minimum atomic E-state index is -0.836. The Morgan fingerprint density at radius 3 is 0.776 bits per heavy atom. The first kappa shape index (κ1) is 66.1. The Bertz CT molecular complexity index is 936. The number of aliphatic hydroxyl groups excluding tert-OH is 2. The van der Waals surface area contributed by atoms with E-state index in [1.54, 1.807) is 6.08 Å². The summed E-state index contributed by atoms with van der Waals surface area (Å²) < 4.78 is 0. The number of carbonyl (C=O) groups excluding carboxylic acids is 1. The van der Waals surface area contributed by atoms with Crippen molar-refractivity contribution in [2.45, 2.75) is 379 Å². The highest BCUT2D eigenvalue weighted by Gasteiger charge is 2.18. The molecular weight excluding hydrogens is 819 g/mol. The van der Waals surface area contributed by atoms with Gasteiger partial charge in [0.1, 0.15) is 0 Å². The monoisotopic (exact) mass is 944 g/mol. The van der Waals surface area contributed by atoms with E-state index >= 15 is 0 Å². The van der Waals surface area contributed by atoms with E-state index in [-0.39, 0.29) is 12.5 Å². The topological polar surface area (TPSA) is 69.6 Å². The lowest BCUT2D eigenvalue weighted by Gasteiger charge is -2.20. The molecule has 400 valence electrons. The van der Waals surface area contributed by atoms with Crippen molar-refractivity contribution in [2.75, 3.05) is 6.61 Å². The second kappa shape index (κ2) is 59.4. The first-order valence-corrected chi connectivity index (χ1v) is 31.4. The van der Waals surface area contributed by atoms with E-state index in [0.29, 0.717) is 6.42 Å². The van der Waals surface area contributed by atoms with Crippen molar-refractivity contribution in [1.82, 2.24) is 5.32 Å². The molecule has 67 heavy (non-hydrogen) atoms. The smallest absolute Gasteiger partial charge is 0.220 e. The fourth-order valence-corrected chi connectivity index (χ4v) is 10.2. The van der Waals surface area contributed by atoms with Crippen molar-refractivity contribution in [2.24, 2.45) is 0 Å². The van der Waals surface area contributed by atoms with Crippen LogP contribution in [0.3, 0.4) is 0 Å². The maximum Gasteiger partial charge on any atom is 0.220 e. The molecule has 0 bridgehead atoms. The number of hydrogen-bond donors (Lipinski definition) is 3. The van der Waals surface area contributed by atoms with Gasteiger partial charge < -0.3 is 15.5 Å². The molecule has 0 fully saturated rings. The first-order chi connectivity index (χ1) is 33.2. The molecule has 0 aromatic carbocycles. The maximum atomic E-state index is 12.5. The van der Waals surface area contributed by atoms with Crippen molar-refractivity contribution < 1.29 is 15.0 Å². The molecule has 1 amide bonds. The van der Waals surface area contributed by atoms with E-state index < -0.39 is 12.1 Å². The molecule has 0 heterocycles. The Morgan fingerprint density at radius 2 is 0.552 bits per heavy atom. The Kier molecular flexibility index (Phi) is 58.7. The van der Waals surface area contributed by atoms with Gasteiger partial charge in [0.15, 0.2) is 0 Å². The highest BCUT2D eigenvalue weighted by atomic mass is 16.3. The summed E-state index contributed by atoms with van der Waals surface area (Å²) in [4.78, 5) is 12.5. The van der Waals surface area contributed by atoms with Crippen LogP contribution in [0.2, 0.25) is 0 Å². The Hall–Kier alpha value is -0.870. The van der Waals surface area contributed by atoms with Gasteiger partial charge >= 0.3 is 0 Å². The maximum absolute atomic E-state index is 12.5. The third-order valence-corrected chi connectivity index (χ3v) is 15.0. The number of amides is 1. The van der Waals surface area contributed by atoms with Crippen LogP contribution in [0, 0.1) is 0 Å². The van der Waals surface area contributed by atoms with Gasteiger partial charge in [-0.3, -0.25) is 4.79 Å². The third-order valence-electron chi connectivity index (χ3n) is 15.0. The van der Waals surface area contributed by atoms with Crippen LogP contribution >= 0.6 is 0 Å². The Balaban J connectivity index is 3.40. The van der Waals surface area contributed by atoms with Crippen molar-refractivity contribution in [1.29, 1.82) is 0 Å². The lowest BCUT2D eigenvalue weighted by molar-refractivity contribution is -0.123. The van der Waals surface area contributed by atoms with Gasteiger partial charge in [-0.2, -0.15) is 0 Å². The largest absolute Gasteiger partial charge is 0.394 e. The van der Waals surface area contributed by atoms with Crippen LogP contribution in [0.25, 0.3) is 0 Å². The Labute approximate surface area is 422 Å². The molecule has 2 unspecified atom stereocenters. The second-order valence-electron chi connectivity index (χ2n) is 21.8. The second-order valence-corrected chi connectivity index (χ2v) is 21.8. The number of rotatable bonds is 59. The summed E-state index contributed by atoms with van der Waals surface area (Å²) in [5, 5.41) is 23.2. The summed E-state index contributed by atoms with van der Waals surface area (Å²) in [6.07, 6.45) is 78.4. The van der Waals surface area contributed by atoms with E-state index in [1.165, 1.54) is 321 Å². The summed E-state index contributed by atoms with van der Waals surface area (Å²) in [7, 11) is 0. The van der Waals surface area contributed by atoms with Gasteiger partial charge in [-0.15, -0.1) is 0 Å². The predicted molar refractivity (Wildman–Crippen MR) is 299 cm³/mol. The molecule has 0 radical (unpaired) electrons. The first-order valence-electron chi connectivity index (χ1n) is 31.4. The zero-order valence-corrected chi connectivity index (χ0v) is 46.2. The van der Waals surface area contributed by atoms with E-state index in [9.17, 15) is 15.0 Å². The highest BCUT2D eigenvalue weighted by Crippen LogP contribution is 2.19. The van der Waals surface area contributed by atoms with E-state index in [2.05, 4.69) is 19.2 Å². The van der Waals surface area contributed by atoms with Gasteiger partial charge in [0, 0.05) is 6.42 Å². The van der Waals surface area contributed by atoms with Crippen LogP contribution in [-0.2, 0) is 4.79 Å². The molecule has 0 spiro atoms. The number of unbranched alkanes of at least 4 members (excludes halogenated alkanes) is 52. The summed E-state index contributed by atoms with van der Waals surface area (Å²) in [5.41, 5.74) is 0. The van der Waals surface area contributed by atoms with Crippen LogP contribution in [0.1, 0.15) is 367 Å². The third kappa shape index (κ3) is 55.9. The highest BCUT2D eigenvalue weighted by molar-refractivity contribution is 5.76. The van der Waals surface area contributed by atoms with Gasteiger partial charge in [-0.1, -0.05) is 353 Å². The fraction of sp³-hybridized carbons (Fsp3) is 0.952. The lowest BCUT2D eigenvalue weighted by Crippen LogP contribution is -2.45. The van der Waals surface area contributed by atoms with Gasteiger partial charge in [-0.05, 0) is 19.3 Å². The molecule has 0 aromatic rings. The van der Waals surface area contributed by atoms with Gasteiger partial charge in [-0.25, -0.2) is 0 Å². The number of nitrogens with one attached hydrogen (secondary N) is 1. The molecule has 0 aliphatic carbocycles. The zero-order valence-electron chi connectivity index (χ0n) is 46.2. The van der Waals surface area contributed by atoms with Crippen molar-refractivity contribution in [3.8, 4) is 0 Å². The molecule has 4 nitrogen and oxygen atoms in total. The fourth-order valence-electron chi connectivity index (χ4n) is 10.2. The number of allylic oxidation sites excluding steroid dienone is 1. The molecule has 0 saturated carbocycles. The van der Waals surface area contributed by atoms with E-state index in [1.807, 2.05) is 6.08 Å². The average Bonchev–Trinajstić information content (AvgIpc) is 3.33.